The SMILES string of the molecule is CC(C)C(=O)C[C@H](O)[C@H](O[Si](C)(C)C(C)(C)C)C(C)C. The van der Waals surface area contributed by atoms with Gasteiger partial charge in [-0.1, -0.05) is 48.5 Å². The van der Waals surface area contributed by atoms with Crippen LogP contribution >= 0.6 is 0 Å². The van der Waals surface area contributed by atoms with Crippen LogP contribution in [0.15, 0.2) is 0 Å². The molecule has 0 aliphatic rings. The third-order valence-electron chi connectivity index (χ3n) is 4.33. The fourth-order valence-corrected chi connectivity index (χ4v) is 3.20. The van der Waals surface area contributed by atoms with E-state index in [2.05, 4.69) is 33.9 Å². The number of aliphatic hydroxyl groups excluding tert-OH is 1. The number of hydrogen-bond donors (Lipinski definition) is 1. The molecule has 0 aromatic heterocycles. The van der Waals surface area contributed by atoms with E-state index in [1.54, 1.807) is 0 Å². The molecule has 0 fully saturated rings. The number of Topliss-reactive ketones (excluding diaryl/α,β-unsaturated/α-hetero) is 1. The monoisotopic (exact) mass is 302 g/mol. The summed E-state index contributed by atoms with van der Waals surface area (Å²) >= 11 is 0. The first kappa shape index (κ1) is 19.8. The maximum atomic E-state index is 11.8. The van der Waals surface area contributed by atoms with Gasteiger partial charge in [-0.05, 0) is 24.1 Å². The van der Waals surface area contributed by atoms with Crippen LogP contribution in [0.4, 0.5) is 0 Å². The van der Waals surface area contributed by atoms with Gasteiger partial charge in [0.2, 0.25) is 0 Å². The van der Waals surface area contributed by atoms with Crippen molar-refractivity contribution in [1.82, 2.24) is 0 Å². The first-order chi connectivity index (χ1) is 8.79. The van der Waals surface area contributed by atoms with Crippen molar-refractivity contribution in [2.75, 3.05) is 0 Å². The lowest BCUT2D eigenvalue weighted by Gasteiger charge is -2.41. The molecule has 0 aliphatic carbocycles. The predicted octanol–water partition coefficient (Wildman–Crippen LogP) is 4.01. The number of aliphatic hydroxyl groups is 1. The van der Waals surface area contributed by atoms with Gasteiger partial charge in [-0.15, -0.1) is 0 Å². The van der Waals surface area contributed by atoms with E-state index in [0.29, 0.717) is 0 Å². The average Bonchev–Trinajstić information content (AvgIpc) is 2.23. The van der Waals surface area contributed by atoms with Crippen molar-refractivity contribution in [2.45, 2.75) is 85.2 Å². The van der Waals surface area contributed by atoms with E-state index in [-0.39, 0.29) is 35.2 Å². The van der Waals surface area contributed by atoms with Crippen LogP contribution in [0.2, 0.25) is 18.1 Å². The van der Waals surface area contributed by atoms with Gasteiger partial charge in [0.1, 0.15) is 5.78 Å². The van der Waals surface area contributed by atoms with Crippen LogP contribution in [-0.2, 0) is 9.22 Å². The van der Waals surface area contributed by atoms with Crippen LogP contribution in [0.3, 0.4) is 0 Å². The summed E-state index contributed by atoms with van der Waals surface area (Å²) in [7, 11) is -1.94. The molecule has 4 heteroatoms. The smallest absolute Gasteiger partial charge is 0.192 e. The molecule has 0 saturated carbocycles. The first-order valence-corrected chi connectivity index (χ1v) is 10.6. The minimum Gasteiger partial charge on any atom is -0.411 e. The van der Waals surface area contributed by atoms with Crippen molar-refractivity contribution >= 4 is 14.1 Å². The minimum atomic E-state index is -1.94. The molecule has 0 amide bonds. The zero-order chi connectivity index (χ0) is 16.3. The number of hydrogen-bond acceptors (Lipinski definition) is 3. The number of rotatable bonds is 7. The second kappa shape index (κ2) is 7.19. The van der Waals surface area contributed by atoms with E-state index in [9.17, 15) is 9.90 Å². The van der Waals surface area contributed by atoms with E-state index < -0.39 is 14.4 Å². The van der Waals surface area contributed by atoms with Crippen LogP contribution in [0.5, 0.6) is 0 Å². The van der Waals surface area contributed by atoms with Crippen LogP contribution in [0.25, 0.3) is 0 Å². The molecule has 120 valence electrons. The molecular weight excluding hydrogens is 268 g/mol. The van der Waals surface area contributed by atoms with E-state index in [0.717, 1.165) is 0 Å². The average molecular weight is 303 g/mol. The Labute approximate surface area is 126 Å². The molecule has 0 rings (SSSR count). The second-order valence-electron chi connectivity index (χ2n) is 7.98. The molecule has 0 unspecified atom stereocenters. The van der Waals surface area contributed by atoms with Crippen LogP contribution in [0, 0.1) is 11.8 Å². The van der Waals surface area contributed by atoms with Gasteiger partial charge >= 0.3 is 0 Å². The van der Waals surface area contributed by atoms with Gasteiger partial charge in [0.25, 0.3) is 0 Å². The van der Waals surface area contributed by atoms with Gasteiger partial charge < -0.3 is 9.53 Å². The lowest BCUT2D eigenvalue weighted by molar-refractivity contribution is -0.126. The zero-order valence-corrected chi connectivity index (χ0v) is 15.8. The van der Waals surface area contributed by atoms with E-state index in [4.69, 9.17) is 4.43 Å². The molecular formula is C16H34O3Si. The van der Waals surface area contributed by atoms with Crippen molar-refractivity contribution in [3.8, 4) is 0 Å². The molecule has 3 nitrogen and oxygen atoms in total. The normalized spacial score (nSPS) is 16.6. The van der Waals surface area contributed by atoms with Crippen molar-refractivity contribution in [3.05, 3.63) is 0 Å². The standard InChI is InChI=1S/C16H34O3Si/c1-11(2)13(17)10-14(18)15(12(3)4)19-20(8,9)16(5,6)7/h11-12,14-15,18H,10H2,1-9H3/t14-,15+/m0/s1. The van der Waals surface area contributed by atoms with Crippen molar-refractivity contribution < 1.29 is 14.3 Å². The highest BCUT2D eigenvalue weighted by Crippen LogP contribution is 2.38. The Hall–Kier alpha value is -0.193. The van der Waals surface area contributed by atoms with Gasteiger partial charge in [0.05, 0.1) is 12.2 Å². The van der Waals surface area contributed by atoms with Crippen LogP contribution in [-0.4, -0.2) is 31.4 Å². The molecule has 0 aromatic rings. The summed E-state index contributed by atoms with van der Waals surface area (Å²) in [4.78, 5) is 11.8. The summed E-state index contributed by atoms with van der Waals surface area (Å²) < 4.78 is 6.34. The topological polar surface area (TPSA) is 46.5 Å². The maximum Gasteiger partial charge on any atom is 0.192 e. The Morgan fingerprint density at radius 1 is 1.15 bits per heavy atom. The highest BCUT2D eigenvalue weighted by atomic mass is 28.4. The molecule has 2 atom stereocenters. The maximum absolute atomic E-state index is 11.8. The summed E-state index contributed by atoms with van der Waals surface area (Å²) in [5.41, 5.74) is 0. The molecule has 0 aliphatic heterocycles. The number of carbonyl (C=O) groups excluding carboxylic acids is 1. The largest absolute Gasteiger partial charge is 0.411 e. The quantitative estimate of drug-likeness (QED) is 0.723. The molecule has 1 N–H and O–H groups in total. The third-order valence-corrected chi connectivity index (χ3v) is 8.80. The molecule has 0 bridgehead atoms. The third kappa shape index (κ3) is 5.66. The lowest BCUT2D eigenvalue weighted by Crippen LogP contribution is -2.49. The Morgan fingerprint density at radius 3 is 1.90 bits per heavy atom. The fourth-order valence-electron chi connectivity index (χ4n) is 1.73. The van der Waals surface area contributed by atoms with E-state index >= 15 is 0 Å². The van der Waals surface area contributed by atoms with Crippen LogP contribution in [0.1, 0.15) is 54.9 Å². The lowest BCUT2D eigenvalue weighted by atomic mass is 9.95. The summed E-state index contributed by atoms with van der Waals surface area (Å²) in [6.45, 7) is 18.7. The van der Waals surface area contributed by atoms with Crippen molar-refractivity contribution in [1.29, 1.82) is 0 Å². The number of ketones is 1. The molecule has 0 radical (unpaired) electrons. The Kier molecular flexibility index (Phi) is 7.12. The molecule has 0 saturated heterocycles. The summed E-state index contributed by atoms with van der Waals surface area (Å²) in [6, 6.07) is 0. The molecule has 20 heavy (non-hydrogen) atoms. The summed E-state index contributed by atoms with van der Waals surface area (Å²) in [5, 5.41) is 10.5. The van der Waals surface area contributed by atoms with Gasteiger partial charge in [-0.3, -0.25) is 4.79 Å². The Balaban J connectivity index is 4.95. The number of carbonyl (C=O) groups is 1. The van der Waals surface area contributed by atoms with E-state index in [1.165, 1.54) is 0 Å². The summed E-state index contributed by atoms with van der Waals surface area (Å²) in [5.74, 6) is 0.256. The van der Waals surface area contributed by atoms with Crippen molar-refractivity contribution in [2.24, 2.45) is 11.8 Å². The van der Waals surface area contributed by atoms with Gasteiger partial charge in [-0.2, -0.15) is 0 Å². The molecule has 0 aromatic carbocycles. The Bertz CT molecular complexity index is 316. The van der Waals surface area contributed by atoms with Gasteiger partial charge in [0.15, 0.2) is 8.32 Å². The fraction of sp³-hybridized carbons (Fsp3) is 0.938. The van der Waals surface area contributed by atoms with Crippen molar-refractivity contribution in [3.63, 3.8) is 0 Å². The predicted molar refractivity (Wildman–Crippen MR) is 87.4 cm³/mol. The summed E-state index contributed by atoms with van der Waals surface area (Å²) in [6.07, 6.45) is -0.785. The van der Waals surface area contributed by atoms with E-state index in [1.807, 2.05) is 27.7 Å². The minimum absolute atomic E-state index is 0.0367. The second-order valence-corrected chi connectivity index (χ2v) is 12.7. The highest BCUT2D eigenvalue weighted by Gasteiger charge is 2.41. The zero-order valence-electron chi connectivity index (χ0n) is 14.8. The molecule has 0 spiro atoms. The van der Waals surface area contributed by atoms with Gasteiger partial charge in [-0.25, -0.2) is 0 Å². The highest BCUT2D eigenvalue weighted by molar-refractivity contribution is 6.74. The van der Waals surface area contributed by atoms with Crippen LogP contribution < -0.4 is 0 Å². The first-order valence-electron chi connectivity index (χ1n) is 7.68. The molecule has 0 heterocycles. The Morgan fingerprint density at radius 2 is 1.60 bits per heavy atom. The van der Waals surface area contributed by atoms with Gasteiger partial charge in [0, 0.05) is 12.3 Å².